The van der Waals surface area contributed by atoms with Crippen LogP contribution >= 0.6 is 15.9 Å². The Morgan fingerprint density at radius 2 is 1.89 bits per heavy atom. The van der Waals surface area contributed by atoms with Gasteiger partial charge in [0.15, 0.2) is 0 Å². The summed E-state index contributed by atoms with van der Waals surface area (Å²) in [7, 11) is 0. The molecular weight excluding hydrogens is 288 g/mol. The first-order chi connectivity index (χ1) is 8.79. The summed E-state index contributed by atoms with van der Waals surface area (Å²) in [6.45, 7) is 0. The lowest BCUT2D eigenvalue weighted by atomic mass is 10.00. The molecule has 18 heavy (non-hydrogen) atoms. The van der Waals surface area contributed by atoms with E-state index in [2.05, 4.69) is 33.0 Å². The number of halogens is 1. The number of hydrogen-bond acceptors (Lipinski definition) is 1. The fraction of sp³-hybridized carbons (Fsp3) is 0. The molecule has 0 aliphatic carbocycles. The highest BCUT2D eigenvalue weighted by Gasteiger charge is 2.09. The molecule has 1 heterocycles. The molecule has 0 unspecified atom stereocenters. The Morgan fingerprint density at radius 1 is 1.06 bits per heavy atom. The normalized spacial score (nSPS) is 10.4. The molecule has 1 aromatic heterocycles. The zero-order valence-electron chi connectivity index (χ0n) is 9.44. The third-order valence-corrected chi connectivity index (χ3v) is 3.47. The molecule has 1 N–H and O–H groups in total. The molecule has 0 radical (unpaired) electrons. The van der Waals surface area contributed by atoms with Crippen molar-refractivity contribution in [1.29, 1.82) is 5.26 Å². The van der Waals surface area contributed by atoms with Crippen LogP contribution in [0.5, 0.6) is 0 Å². The highest BCUT2D eigenvalue weighted by atomic mass is 79.9. The van der Waals surface area contributed by atoms with Crippen LogP contribution in [-0.4, -0.2) is 4.98 Å². The summed E-state index contributed by atoms with van der Waals surface area (Å²) < 4.78 is 1.03. The lowest BCUT2D eigenvalue weighted by molar-refractivity contribution is 1.46. The standard InChI is InChI=1S/C15H9BrN2/c16-11-5-6-15-13(7-11)14(9-18-15)12-4-2-1-3-10(12)8-17/h1-7,9,18H. The predicted molar refractivity (Wildman–Crippen MR) is 76.1 cm³/mol. The largest absolute Gasteiger partial charge is 0.361 e. The van der Waals surface area contributed by atoms with E-state index < -0.39 is 0 Å². The maximum absolute atomic E-state index is 9.17. The van der Waals surface area contributed by atoms with Gasteiger partial charge in [0.05, 0.1) is 11.6 Å². The van der Waals surface area contributed by atoms with Gasteiger partial charge in [-0.05, 0) is 24.3 Å². The summed E-state index contributed by atoms with van der Waals surface area (Å²) >= 11 is 3.48. The molecule has 0 amide bonds. The number of nitrogens with one attached hydrogen (secondary N) is 1. The first kappa shape index (κ1) is 11.1. The minimum absolute atomic E-state index is 0.693. The molecule has 3 rings (SSSR count). The van der Waals surface area contributed by atoms with Gasteiger partial charge in [-0.3, -0.25) is 0 Å². The number of rotatable bonds is 1. The molecule has 0 spiro atoms. The van der Waals surface area contributed by atoms with E-state index in [1.807, 2.05) is 42.6 Å². The van der Waals surface area contributed by atoms with E-state index in [0.29, 0.717) is 5.56 Å². The van der Waals surface area contributed by atoms with Crippen molar-refractivity contribution in [3.63, 3.8) is 0 Å². The van der Waals surface area contributed by atoms with Crippen molar-refractivity contribution in [2.24, 2.45) is 0 Å². The summed E-state index contributed by atoms with van der Waals surface area (Å²) in [5.74, 6) is 0. The minimum Gasteiger partial charge on any atom is -0.361 e. The number of hydrogen-bond donors (Lipinski definition) is 1. The maximum atomic E-state index is 9.17. The van der Waals surface area contributed by atoms with E-state index >= 15 is 0 Å². The molecular formula is C15H9BrN2. The van der Waals surface area contributed by atoms with Crippen LogP contribution in [0, 0.1) is 11.3 Å². The van der Waals surface area contributed by atoms with Crippen molar-refractivity contribution < 1.29 is 0 Å². The lowest BCUT2D eigenvalue weighted by Gasteiger charge is -2.02. The van der Waals surface area contributed by atoms with Gasteiger partial charge in [0.1, 0.15) is 0 Å². The molecule has 3 aromatic rings. The molecule has 0 aliphatic rings. The van der Waals surface area contributed by atoms with E-state index in [-0.39, 0.29) is 0 Å². The molecule has 2 nitrogen and oxygen atoms in total. The number of aromatic nitrogens is 1. The minimum atomic E-state index is 0.693. The molecule has 0 saturated carbocycles. The lowest BCUT2D eigenvalue weighted by Crippen LogP contribution is -1.82. The predicted octanol–water partition coefficient (Wildman–Crippen LogP) is 4.47. The molecule has 86 valence electrons. The van der Waals surface area contributed by atoms with Crippen molar-refractivity contribution in [2.45, 2.75) is 0 Å². The number of aromatic amines is 1. The Hall–Kier alpha value is -2.05. The van der Waals surface area contributed by atoms with Gasteiger partial charge in [-0.1, -0.05) is 34.1 Å². The maximum Gasteiger partial charge on any atom is 0.0998 e. The highest BCUT2D eigenvalue weighted by molar-refractivity contribution is 9.10. The first-order valence-corrected chi connectivity index (χ1v) is 6.35. The topological polar surface area (TPSA) is 39.6 Å². The molecule has 0 bridgehead atoms. The average Bonchev–Trinajstić information content (AvgIpc) is 2.81. The second-order valence-corrected chi connectivity index (χ2v) is 4.97. The van der Waals surface area contributed by atoms with Crippen LogP contribution in [0.3, 0.4) is 0 Å². The van der Waals surface area contributed by atoms with Gasteiger partial charge in [0.2, 0.25) is 0 Å². The van der Waals surface area contributed by atoms with Crippen LogP contribution in [0.1, 0.15) is 5.56 Å². The second-order valence-electron chi connectivity index (χ2n) is 4.05. The van der Waals surface area contributed by atoms with Crippen LogP contribution < -0.4 is 0 Å². The number of nitriles is 1. The van der Waals surface area contributed by atoms with Crippen LogP contribution in [0.15, 0.2) is 53.1 Å². The van der Waals surface area contributed by atoms with Crippen LogP contribution in [0.2, 0.25) is 0 Å². The van der Waals surface area contributed by atoms with E-state index in [1.165, 1.54) is 0 Å². The van der Waals surface area contributed by atoms with Crippen molar-refractivity contribution >= 4 is 26.8 Å². The van der Waals surface area contributed by atoms with Gasteiger partial charge in [0, 0.05) is 32.7 Å². The summed E-state index contributed by atoms with van der Waals surface area (Å²) in [6.07, 6.45) is 1.95. The summed E-state index contributed by atoms with van der Waals surface area (Å²) in [5, 5.41) is 10.3. The average molecular weight is 297 g/mol. The zero-order chi connectivity index (χ0) is 12.5. The number of benzene rings is 2. The van der Waals surface area contributed by atoms with Crippen LogP contribution in [0.4, 0.5) is 0 Å². The Balaban J connectivity index is 2.32. The van der Waals surface area contributed by atoms with Crippen molar-refractivity contribution in [3.8, 4) is 17.2 Å². The van der Waals surface area contributed by atoms with Gasteiger partial charge in [-0.25, -0.2) is 0 Å². The molecule has 0 atom stereocenters. The zero-order valence-corrected chi connectivity index (χ0v) is 11.0. The number of H-pyrrole nitrogens is 1. The fourth-order valence-corrected chi connectivity index (χ4v) is 2.49. The Morgan fingerprint density at radius 3 is 2.72 bits per heavy atom. The van der Waals surface area contributed by atoms with E-state index in [0.717, 1.165) is 26.5 Å². The van der Waals surface area contributed by atoms with Gasteiger partial charge in [0.25, 0.3) is 0 Å². The second kappa shape index (κ2) is 4.32. The summed E-state index contributed by atoms with van der Waals surface area (Å²) in [6, 6.07) is 16.0. The van der Waals surface area contributed by atoms with Crippen LogP contribution in [0.25, 0.3) is 22.0 Å². The highest BCUT2D eigenvalue weighted by Crippen LogP contribution is 2.32. The van der Waals surface area contributed by atoms with Crippen LogP contribution in [-0.2, 0) is 0 Å². The van der Waals surface area contributed by atoms with Crippen molar-refractivity contribution in [3.05, 3.63) is 58.7 Å². The van der Waals surface area contributed by atoms with Gasteiger partial charge >= 0.3 is 0 Å². The Bertz CT molecular complexity index is 766. The quantitative estimate of drug-likeness (QED) is 0.707. The Labute approximate surface area is 113 Å². The smallest absolute Gasteiger partial charge is 0.0998 e. The third kappa shape index (κ3) is 1.71. The van der Waals surface area contributed by atoms with Gasteiger partial charge in [-0.15, -0.1) is 0 Å². The Kier molecular flexibility index (Phi) is 2.66. The van der Waals surface area contributed by atoms with E-state index in [9.17, 15) is 5.26 Å². The van der Waals surface area contributed by atoms with E-state index in [1.54, 1.807) is 0 Å². The molecule has 0 aliphatic heterocycles. The first-order valence-electron chi connectivity index (χ1n) is 5.56. The number of fused-ring (bicyclic) bond motifs is 1. The van der Waals surface area contributed by atoms with Gasteiger partial charge < -0.3 is 4.98 Å². The third-order valence-electron chi connectivity index (χ3n) is 2.98. The summed E-state index contributed by atoms with van der Waals surface area (Å²) in [5.41, 5.74) is 3.78. The van der Waals surface area contributed by atoms with Crippen molar-refractivity contribution in [2.75, 3.05) is 0 Å². The van der Waals surface area contributed by atoms with Crippen molar-refractivity contribution in [1.82, 2.24) is 4.98 Å². The monoisotopic (exact) mass is 296 g/mol. The summed E-state index contributed by atoms with van der Waals surface area (Å²) in [4.78, 5) is 3.23. The SMILES string of the molecule is N#Cc1ccccc1-c1c[nH]c2ccc(Br)cc12. The molecule has 3 heteroatoms. The van der Waals surface area contributed by atoms with E-state index in [4.69, 9.17) is 0 Å². The molecule has 0 saturated heterocycles. The molecule has 2 aromatic carbocycles. The van der Waals surface area contributed by atoms with Gasteiger partial charge in [-0.2, -0.15) is 5.26 Å². The molecule has 0 fully saturated rings. The number of nitrogens with zero attached hydrogens (tertiary/aromatic N) is 1. The fourth-order valence-electron chi connectivity index (χ4n) is 2.13.